The molecule has 1 fully saturated rings. The molecule has 1 saturated heterocycles. The highest BCUT2D eigenvalue weighted by Crippen LogP contribution is 2.23. The average Bonchev–Trinajstić information content (AvgIpc) is 2.46. The van der Waals surface area contributed by atoms with Gasteiger partial charge in [-0.15, -0.1) is 0 Å². The minimum atomic E-state index is -0.208. The zero-order valence-electron chi connectivity index (χ0n) is 12.9. The first-order valence-corrected chi connectivity index (χ1v) is 8.70. The fourth-order valence-electron chi connectivity index (χ4n) is 2.27. The highest BCUT2D eigenvalue weighted by atomic mass is 32.2. The Bertz CT molecular complexity index is 291. The van der Waals surface area contributed by atoms with E-state index in [0.29, 0.717) is 5.84 Å². The van der Waals surface area contributed by atoms with E-state index in [1.165, 1.54) is 24.6 Å². The normalized spacial score (nSPS) is 18.4. The van der Waals surface area contributed by atoms with E-state index in [9.17, 15) is 0 Å². The molecule has 0 aromatic carbocycles. The number of hydrogen-bond acceptors (Lipinski definition) is 5. The standard InChI is InChI=1S/C14H30N4OS/c1-14(2,13(15)17-19)5-3-4-6-16-7-8-18-9-11-20-12-10-18/h16,19H,3-12H2,1-2H3,(H2,15,17). The van der Waals surface area contributed by atoms with Gasteiger partial charge in [-0.25, -0.2) is 0 Å². The summed E-state index contributed by atoms with van der Waals surface area (Å²) in [6.45, 7) is 9.80. The van der Waals surface area contributed by atoms with Crippen LogP contribution in [0.15, 0.2) is 5.16 Å². The van der Waals surface area contributed by atoms with Gasteiger partial charge in [0.1, 0.15) is 5.84 Å². The van der Waals surface area contributed by atoms with Gasteiger partial charge in [-0.2, -0.15) is 11.8 Å². The maximum atomic E-state index is 8.71. The van der Waals surface area contributed by atoms with Crippen LogP contribution in [-0.2, 0) is 0 Å². The number of hydrogen-bond donors (Lipinski definition) is 3. The van der Waals surface area contributed by atoms with Crippen LogP contribution in [0.5, 0.6) is 0 Å². The van der Waals surface area contributed by atoms with Gasteiger partial charge in [0.15, 0.2) is 0 Å². The van der Waals surface area contributed by atoms with Crippen LogP contribution in [-0.4, -0.2) is 60.2 Å². The Labute approximate surface area is 127 Å². The van der Waals surface area contributed by atoms with Crippen molar-refractivity contribution in [1.29, 1.82) is 0 Å². The molecule has 0 saturated carbocycles. The smallest absolute Gasteiger partial charge is 0.144 e. The lowest BCUT2D eigenvalue weighted by Crippen LogP contribution is -2.38. The Kier molecular flexibility index (Phi) is 8.33. The predicted octanol–water partition coefficient (Wildman–Crippen LogP) is 1.57. The van der Waals surface area contributed by atoms with E-state index in [1.807, 2.05) is 13.8 Å². The van der Waals surface area contributed by atoms with E-state index in [0.717, 1.165) is 38.9 Å². The van der Waals surface area contributed by atoms with Crippen molar-refractivity contribution in [2.24, 2.45) is 16.3 Å². The molecular formula is C14H30N4OS. The van der Waals surface area contributed by atoms with Crippen LogP contribution in [0.2, 0.25) is 0 Å². The zero-order valence-corrected chi connectivity index (χ0v) is 13.7. The first kappa shape index (κ1) is 17.6. The van der Waals surface area contributed by atoms with Gasteiger partial charge in [-0.3, -0.25) is 0 Å². The molecular weight excluding hydrogens is 272 g/mol. The fourth-order valence-corrected chi connectivity index (χ4v) is 3.25. The number of nitrogens with one attached hydrogen (secondary N) is 1. The number of unbranched alkanes of at least 4 members (excludes halogenated alkanes) is 1. The van der Waals surface area contributed by atoms with E-state index < -0.39 is 0 Å². The lowest BCUT2D eigenvalue weighted by atomic mass is 9.86. The molecule has 0 atom stereocenters. The first-order valence-electron chi connectivity index (χ1n) is 7.55. The van der Waals surface area contributed by atoms with Gasteiger partial charge < -0.3 is 21.2 Å². The molecule has 1 heterocycles. The fraction of sp³-hybridized carbons (Fsp3) is 0.929. The van der Waals surface area contributed by atoms with Crippen LogP contribution < -0.4 is 11.1 Å². The van der Waals surface area contributed by atoms with Crippen molar-refractivity contribution in [2.75, 3.05) is 44.2 Å². The van der Waals surface area contributed by atoms with Crippen LogP contribution in [0.3, 0.4) is 0 Å². The van der Waals surface area contributed by atoms with Crippen molar-refractivity contribution in [3.63, 3.8) is 0 Å². The average molecular weight is 302 g/mol. The summed E-state index contributed by atoms with van der Waals surface area (Å²) >= 11 is 2.06. The van der Waals surface area contributed by atoms with Crippen LogP contribution >= 0.6 is 11.8 Å². The SMILES string of the molecule is CC(C)(CCCCNCCN1CCSCC1)C(N)=NO. The summed E-state index contributed by atoms with van der Waals surface area (Å²) in [5.74, 6) is 2.89. The summed E-state index contributed by atoms with van der Waals surface area (Å²) < 4.78 is 0. The summed E-state index contributed by atoms with van der Waals surface area (Å²) in [5.41, 5.74) is 5.46. The largest absolute Gasteiger partial charge is 0.409 e. The Morgan fingerprint density at radius 1 is 1.30 bits per heavy atom. The van der Waals surface area contributed by atoms with Gasteiger partial charge in [0.25, 0.3) is 0 Å². The first-order chi connectivity index (χ1) is 9.56. The Hall–Kier alpha value is -0.460. The molecule has 1 aliphatic rings. The zero-order chi connectivity index (χ0) is 14.8. The third-order valence-electron chi connectivity index (χ3n) is 3.91. The molecule has 20 heavy (non-hydrogen) atoms. The van der Waals surface area contributed by atoms with E-state index in [2.05, 4.69) is 27.1 Å². The summed E-state index contributed by atoms with van der Waals surface area (Å²) in [5, 5.41) is 15.3. The quantitative estimate of drug-likeness (QED) is 0.198. The summed E-state index contributed by atoms with van der Waals surface area (Å²) in [7, 11) is 0. The summed E-state index contributed by atoms with van der Waals surface area (Å²) in [6.07, 6.45) is 3.18. The molecule has 0 bridgehead atoms. The molecule has 0 radical (unpaired) electrons. The summed E-state index contributed by atoms with van der Waals surface area (Å²) in [4.78, 5) is 2.53. The van der Waals surface area contributed by atoms with Crippen molar-refractivity contribution < 1.29 is 5.21 Å². The second-order valence-electron chi connectivity index (χ2n) is 6.03. The lowest BCUT2D eigenvalue weighted by Gasteiger charge is -2.26. The van der Waals surface area contributed by atoms with Gasteiger partial charge >= 0.3 is 0 Å². The Morgan fingerprint density at radius 2 is 2.00 bits per heavy atom. The topological polar surface area (TPSA) is 73.9 Å². The molecule has 0 aromatic rings. The van der Waals surface area contributed by atoms with E-state index in [4.69, 9.17) is 10.9 Å². The van der Waals surface area contributed by atoms with Crippen molar-refractivity contribution in [2.45, 2.75) is 33.1 Å². The van der Waals surface area contributed by atoms with Crippen molar-refractivity contribution >= 4 is 17.6 Å². The number of nitrogens with two attached hydrogens (primary N) is 1. The molecule has 4 N–H and O–H groups in total. The maximum absolute atomic E-state index is 8.71. The number of thioether (sulfide) groups is 1. The van der Waals surface area contributed by atoms with Crippen molar-refractivity contribution in [3.05, 3.63) is 0 Å². The molecule has 0 spiro atoms. The Balaban J connectivity index is 1.97. The number of rotatable bonds is 9. The van der Waals surface area contributed by atoms with Gasteiger partial charge in [-0.1, -0.05) is 25.4 Å². The van der Waals surface area contributed by atoms with Crippen molar-refractivity contribution in [1.82, 2.24) is 10.2 Å². The lowest BCUT2D eigenvalue weighted by molar-refractivity contribution is 0.299. The molecule has 1 rings (SSSR count). The molecule has 1 aliphatic heterocycles. The molecule has 0 amide bonds. The van der Waals surface area contributed by atoms with E-state index in [1.54, 1.807) is 0 Å². The molecule has 0 aromatic heterocycles. The minimum Gasteiger partial charge on any atom is -0.409 e. The van der Waals surface area contributed by atoms with Crippen LogP contribution in [0, 0.1) is 5.41 Å². The minimum absolute atomic E-state index is 0.208. The van der Waals surface area contributed by atoms with E-state index in [-0.39, 0.29) is 5.41 Å². The molecule has 6 heteroatoms. The van der Waals surface area contributed by atoms with Gasteiger partial charge in [0.05, 0.1) is 0 Å². The van der Waals surface area contributed by atoms with Crippen LogP contribution in [0.4, 0.5) is 0 Å². The number of nitrogens with zero attached hydrogens (tertiary/aromatic N) is 2. The monoisotopic (exact) mass is 302 g/mol. The van der Waals surface area contributed by atoms with Gasteiger partial charge in [0, 0.05) is 43.1 Å². The summed E-state index contributed by atoms with van der Waals surface area (Å²) in [6, 6.07) is 0. The third-order valence-corrected chi connectivity index (χ3v) is 4.86. The molecule has 5 nitrogen and oxygen atoms in total. The predicted molar refractivity (Wildman–Crippen MR) is 87.7 cm³/mol. The third kappa shape index (κ3) is 6.81. The van der Waals surface area contributed by atoms with Crippen LogP contribution in [0.25, 0.3) is 0 Å². The van der Waals surface area contributed by atoms with E-state index >= 15 is 0 Å². The Morgan fingerprint density at radius 3 is 2.65 bits per heavy atom. The number of oxime groups is 1. The van der Waals surface area contributed by atoms with Crippen LogP contribution in [0.1, 0.15) is 33.1 Å². The second kappa shape index (κ2) is 9.47. The van der Waals surface area contributed by atoms with Crippen molar-refractivity contribution in [3.8, 4) is 0 Å². The molecule has 118 valence electrons. The highest BCUT2D eigenvalue weighted by Gasteiger charge is 2.22. The number of amidine groups is 1. The second-order valence-corrected chi connectivity index (χ2v) is 7.25. The highest BCUT2D eigenvalue weighted by molar-refractivity contribution is 7.99. The molecule has 0 unspecified atom stereocenters. The molecule has 0 aliphatic carbocycles. The van der Waals surface area contributed by atoms with Gasteiger partial charge in [-0.05, 0) is 19.4 Å². The van der Waals surface area contributed by atoms with Gasteiger partial charge in [0.2, 0.25) is 0 Å². The maximum Gasteiger partial charge on any atom is 0.144 e.